The van der Waals surface area contributed by atoms with Crippen LogP contribution in [0.4, 0.5) is 14.5 Å². The largest absolute Gasteiger partial charge is 0.383 e. The summed E-state index contributed by atoms with van der Waals surface area (Å²) in [7, 11) is 0. The fourth-order valence-electron chi connectivity index (χ4n) is 2.22. The molecule has 1 aromatic rings. The first kappa shape index (κ1) is 17.4. The maximum Gasteiger partial charge on any atom is 0.254 e. The Hall–Kier alpha value is -1.65. The van der Waals surface area contributed by atoms with Gasteiger partial charge in [0.25, 0.3) is 5.91 Å². The fraction of sp³-hybridized carbons (Fsp3) is 0.562. The number of anilines is 1. The monoisotopic (exact) mass is 298 g/mol. The minimum atomic E-state index is -1.09. The molecule has 0 saturated heterocycles. The maximum absolute atomic E-state index is 13.9. The van der Waals surface area contributed by atoms with Gasteiger partial charge in [0.15, 0.2) is 5.82 Å². The van der Waals surface area contributed by atoms with E-state index in [4.69, 9.17) is 5.73 Å². The number of primary amides is 1. The molecule has 0 atom stereocenters. The van der Waals surface area contributed by atoms with E-state index in [2.05, 4.69) is 12.2 Å². The average Bonchev–Trinajstić information content (AvgIpc) is 2.43. The number of hydrogen-bond donors (Lipinski definition) is 2. The molecule has 3 nitrogen and oxygen atoms in total. The molecule has 0 aliphatic rings. The fourth-order valence-corrected chi connectivity index (χ4v) is 2.22. The molecular weight excluding hydrogens is 274 g/mol. The summed E-state index contributed by atoms with van der Waals surface area (Å²) in [5.74, 6) is -2.93. The van der Waals surface area contributed by atoms with Crippen LogP contribution in [0.25, 0.3) is 0 Å². The normalized spacial score (nSPS) is 10.6. The van der Waals surface area contributed by atoms with Crippen LogP contribution in [-0.2, 0) is 0 Å². The third kappa shape index (κ3) is 5.69. The zero-order valence-electron chi connectivity index (χ0n) is 12.6. The number of carbonyl (C=O) groups excluding carboxylic acids is 1. The number of nitrogens with one attached hydrogen (secondary N) is 1. The van der Waals surface area contributed by atoms with Crippen molar-refractivity contribution in [2.24, 2.45) is 5.73 Å². The van der Waals surface area contributed by atoms with Crippen molar-refractivity contribution in [2.45, 2.75) is 51.9 Å². The van der Waals surface area contributed by atoms with Crippen molar-refractivity contribution in [2.75, 3.05) is 11.9 Å². The topological polar surface area (TPSA) is 55.1 Å². The summed E-state index contributed by atoms with van der Waals surface area (Å²) >= 11 is 0. The Morgan fingerprint density at radius 1 is 1.10 bits per heavy atom. The van der Waals surface area contributed by atoms with E-state index >= 15 is 0 Å². The van der Waals surface area contributed by atoms with E-state index in [1.54, 1.807) is 0 Å². The van der Waals surface area contributed by atoms with Crippen molar-refractivity contribution in [3.8, 4) is 0 Å². The quantitative estimate of drug-likeness (QED) is 0.635. The Morgan fingerprint density at radius 3 is 2.33 bits per heavy atom. The summed E-state index contributed by atoms with van der Waals surface area (Å²) in [5.41, 5.74) is 4.41. The molecule has 0 saturated carbocycles. The standard InChI is InChI=1S/C16H24F2N2O/c1-2-3-4-5-6-7-8-11-20-13-10-9-12(17)14(15(13)18)16(19)21/h9-10,20H,2-8,11H2,1H3,(H2,19,21). The number of nitrogens with two attached hydrogens (primary N) is 1. The number of hydrogen-bond acceptors (Lipinski definition) is 2. The first-order valence-corrected chi connectivity index (χ1v) is 7.59. The summed E-state index contributed by atoms with van der Waals surface area (Å²) < 4.78 is 27.2. The van der Waals surface area contributed by atoms with E-state index in [-0.39, 0.29) is 5.69 Å². The lowest BCUT2D eigenvalue weighted by Gasteiger charge is -2.10. The van der Waals surface area contributed by atoms with Crippen LogP contribution in [0.3, 0.4) is 0 Å². The lowest BCUT2D eigenvalue weighted by atomic mass is 10.1. The molecule has 0 aliphatic carbocycles. The average molecular weight is 298 g/mol. The Bertz CT molecular complexity index is 464. The number of carbonyl (C=O) groups is 1. The molecule has 0 aromatic heterocycles. The minimum absolute atomic E-state index is 0.121. The summed E-state index contributed by atoms with van der Waals surface area (Å²) in [5, 5.41) is 2.89. The van der Waals surface area contributed by atoms with E-state index in [1.807, 2.05) is 0 Å². The van der Waals surface area contributed by atoms with Crippen LogP contribution in [0.15, 0.2) is 12.1 Å². The second kappa shape index (κ2) is 9.32. The van der Waals surface area contributed by atoms with Gasteiger partial charge in [0.05, 0.1) is 5.69 Å². The molecule has 0 fully saturated rings. The lowest BCUT2D eigenvalue weighted by Crippen LogP contribution is -2.17. The van der Waals surface area contributed by atoms with Crippen LogP contribution in [0.2, 0.25) is 0 Å². The number of unbranched alkanes of at least 4 members (excludes halogenated alkanes) is 6. The van der Waals surface area contributed by atoms with Gasteiger partial charge in [-0.2, -0.15) is 0 Å². The summed E-state index contributed by atoms with van der Waals surface area (Å²) in [6.07, 6.45) is 8.14. The van der Waals surface area contributed by atoms with Gasteiger partial charge < -0.3 is 11.1 Å². The van der Waals surface area contributed by atoms with Crippen molar-refractivity contribution in [1.82, 2.24) is 0 Å². The maximum atomic E-state index is 13.9. The van der Waals surface area contributed by atoms with Gasteiger partial charge in [-0.05, 0) is 18.6 Å². The van der Waals surface area contributed by atoms with Gasteiger partial charge in [0.1, 0.15) is 11.4 Å². The van der Waals surface area contributed by atoms with Crippen LogP contribution < -0.4 is 11.1 Å². The number of benzene rings is 1. The molecular formula is C16H24F2N2O. The highest BCUT2D eigenvalue weighted by Gasteiger charge is 2.17. The van der Waals surface area contributed by atoms with Crippen molar-refractivity contribution >= 4 is 11.6 Å². The first-order valence-electron chi connectivity index (χ1n) is 7.59. The van der Waals surface area contributed by atoms with Crippen LogP contribution in [0.5, 0.6) is 0 Å². The molecule has 5 heteroatoms. The molecule has 118 valence electrons. The van der Waals surface area contributed by atoms with E-state index in [0.717, 1.165) is 18.9 Å². The Labute approximate surface area is 124 Å². The highest BCUT2D eigenvalue weighted by atomic mass is 19.1. The van der Waals surface area contributed by atoms with Crippen molar-refractivity contribution < 1.29 is 13.6 Å². The number of halogens is 2. The number of amides is 1. The van der Waals surface area contributed by atoms with E-state index in [0.29, 0.717) is 6.54 Å². The molecule has 0 bridgehead atoms. The van der Waals surface area contributed by atoms with Gasteiger partial charge in [0.2, 0.25) is 0 Å². The SMILES string of the molecule is CCCCCCCCCNc1ccc(F)c(C(N)=O)c1F. The minimum Gasteiger partial charge on any atom is -0.383 e. The molecule has 21 heavy (non-hydrogen) atoms. The molecule has 1 aromatic carbocycles. The van der Waals surface area contributed by atoms with E-state index in [9.17, 15) is 13.6 Å². The molecule has 1 rings (SSSR count). The molecule has 0 spiro atoms. The van der Waals surface area contributed by atoms with Crippen molar-refractivity contribution in [3.63, 3.8) is 0 Å². The Morgan fingerprint density at radius 2 is 1.71 bits per heavy atom. The predicted molar refractivity (Wildman–Crippen MR) is 81.4 cm³/mol. The highest BCUT2D eigenvalue weighted by molar-refractivity contribution is 5.94. The van der Waals surface area contributed by atoms with Gasteiger partial charge in [-0.1, -0.05) is 45.4 Å². The second-order valence-electron chi connectivity index (χ2n) is 5.20. The van der Waals surface area contributed by atoms with Crippen LogP contribution in [0, 0.1) is 11.6 Å². The molecule has 0 aliphatic heterocycles. The zero-order valence-corrected chi connectivity index (χ0v) is 12.6. The Balaban J connectivity index is 2.36. The first-order chi connectivity index (χ1) is 10.1. The molecule has 1 amide bonds. The van der Waals surface area contributed by atoms with Crippen molar-refractivity contribution in [1.29, 1.82) is 0 Å². The highest BCUT2D eigenvalue weighted by Crippen LogP contribution is 2.21. The van der Waals surface area contributed by atoms with Gasteiger partial charge >= 0.3 is 0 Å². The summed E-state index contributed by atoms with van der Waals surface area (Å²) in [4.78, 5) is 11.0. The van der Waals surface area contributed by atoms with Gasteiger partial charge in [0, 0.05) is 6.54 Å². The predicted octanol–water partition coefficient (Wildman–Crippen LogP) is 4.23. The van der Waals surface area contributed by atoms with Crippen molar-refractivity contribution in [3.05, 3.63) is 29.3 Å². The molecule has 0 radical (unpaired) electrons. The van der Waals surface area contributed by atoms with Gasteiger partial charge in [-0.3, -0.25) is 4.79 Å². The summed E-state index contributed by atoms with van der Waals surface area (Å²) in [6.45, 7) is 2.77. The Kier molecular flexibility index (Phi) is 7.72. The van der Waals surface area contributed by atoms with E-state index in [1.165, 1.54) is 38.2 Å². The third-order valence-electron chi connectivity index (χ3n) is 3.43. The number of rotatable bonds is 10. The van der Waals surface area contributed by atoms with E-state index < -0.39 is 23.1 Å². The van der Waals surface area contributed by atoms with Crippen LogP contribution in [0.1, 0.15) is 62.2 Å². The van der Waals surface area contributed by atoms with Gasteiger partial charge in [-0.25, -0.2) is 8.78 Å². The molecule has 3 N–H and O–H groups in total. The zero-order chi connectivity index (χ0) is 15.7. The van der Waals surface area contributed by atoms with Crippen LogP contribution in [-0.4, -0.2) is 12.5 Å². The summed E-state index contributed by atoms with van der Waals surface area (Å²) in [6, 6.07) is 2.34. The third-order valence-corrected chi connectivity index (χ3v) is 3.43. The lowest BCUT2D eigenvalue weighted by molar-refractivity contribution is 0.0992. The van der Waals surface area contributed by atoms with Crippen LogP contribution >= 0.6 is 0 Å². The molecule has 0 unspecified atom stereocenters. The molecule has 0 heterocycles. The smallest absolute Gasteiger partial charge is 0.254 e. The second-order valence-corrected chi connectivity index (χ2v) is 5.20. The van der Waals surface area contributed by atoms with Gasteiger partial charge in [-0.15, -0.1) is 0 Å².